The summed E-state index contributed by atoms with van der Waals surface area (Å²) in [5.41, 5.74) is 10.2. The van der Waals surface area contributed by atoms with Gasteiger partial charge in [-0.25, -0.2) is 4.98 Å². The lowest BCUT2D eigenvalue weighted by Crippen LogP contribution is -1.91. The highest BCUT2D eigenvalue weighted by atomic mass is 15.0. The summed E-state index contributed by atoms with van der Waals surface area (Å²) < 4.78 is 0. The average Bonchev–Trinajstić information content (AvgIpc) is 2.52. The van der Waals surface area contributed by atoms with Crippen LogP contribution >= 0.6 is 0 Å². The number of H-pyrrole nitrogens is 1. The molecule has 0 spiro atoms. The van der Waals surface area contributed by atoms with E-state index in [1.165, 1.54) is 11.1 Å². The standard InChI is InChI=1S/C11H13N3/c1-7-3-4-9(8(2)5-7)10-11(12)14-6-13-10/h3-6H,12H2,1-2H3,(H,13,14). The number of nitrogens with one attached hydrogen (secondary N) is 1. The first kappa shape index (κ1) is 8.81. The van der Waals surface area contributed by atoms with Crippen LogP contribution in [0.5, 0.6) is 0 Å². The number of nitrogens with two attached hydrogens (primary N) is 1. The molecule has 0 atom stereocenters. The second-order valence-electron chi connectivity index (χ2n) is 3.48. The van der Waals surface area contributed by atoms with Crippen LogP contribution in [0.3, 0.4) is 0 Å². The van der Waals surface area contributed by atoms with E-state index in [1.807, 2.05) is 0 Å². The van der Waals surface area contributed by atoms with Crippen molar-refractivity contribution in [2.45, 2.75) is 13.8 Å². The van der Waals surface area contributed by atoms with Crippen molar-refractivity contribution < 1.29 is 0 Å². The van der Waals surface area contributed by atoms with E-state index in [0.717, 1.165) is 11.3 Å². The first-order chi connectivity index (χ1) is 6.68. The number of nitrogens with zero attached hydrogens (tertiary/aromatic N) is 1. The molecular weight excluding hydrogens is 174 g/mol. The third-order valence-electron chi connectivity index (χ3n) is 2.32. The normalized spacial score (nSPS) is 10.4. The second-order valence-corrected chi connectivity index (χ2v) is 3.48. The van der Waals surface area contributed by atoms with Gasteiger partial charge in [-0.1, -0.05) is 23.8 Å². The SMILES string of the molecule is Cc1ccc(-c2[nH]cnc2N)c(C)c1. The fraction of sp³-hybridized carbons (Fsp3) is 0.182. The molecule has 0 amide bonds. The van der Waals surface area contributed by atoms with Crippen molar-refractivity contribution in [1.29, 1.82) is 0 Å². The smallest absolute Gasteiger partial charge is 0.149 e. The number of benzene rings is 1. The molecule has 0 aliphatic rings. The zero-order chi connectivity index (χ0) is 10.1. The van der Waals surface area contributed by atoms with Gasteiger partial charge in [0.05, 0.1) is 12.0 Å². The van der Waals surface area contributed by atoms with Gasteiger partial charge in [-0.05, 0) is 19.4 Å². The Hall–Kier alpha value is -1.77. The Bertz CT molecular complexity index is 457. The maximum absolute atomic E-state index is 5.74. The van der Waals surface area contributed by atoms with Crippen LogP contribution in [0.15, 0.2) is 24.5 Å². The third kappa shape index (κ3) is 1.37. The summed E-state index contributed by atoms with van der Waals surface area (Å²) >= 11 is 0. The number of hydrogen-bond donors (Lipinski definition) is 2. The van der Waals surface area contributed by atoms with Crippen molar-refractivity contribution in [1.82, 2.24) is 9.97 Å². The molecule has 0 fully saturated rings. The van der Waals surface area contributed by atoms with Gasteiger partial charge in [0.1, 0.15) is 5.82 Å². The van der Waals surface area contributed by atoms with Crippen LogP contribution in [0.1, 0.15) is 11.1 Å². The van der Waals surface area contributed by atoms with Gasteiger partial charge in [0.15, 0.2) is 0 Å². The molecule has 72 valence electrons. The molecule has 3 nitrogen and oxygen atoms in total. The number of aryl methyl sites for hydroxylation is 2. The number of anilines is 1. The molecule has 14 heavy (non-hydrogen) atoms. The molecule has 2 aromatic rings. The zero-order valence-electron chi connectivity index (χ0n) is 8.33. The fourth-order valence-electron chi connectivity index (χ4n) is 1.61. The Kier molecular flexibility index (Phi) is 2.00. The summed E-state index contributed by atoms with van der Waals surface area (Å²) in [5, 5.41) is 0. The topological polar surface area (TPSA) is 54.7 Å². The number of aromatic amines is 1. The van der Waals surface area contributed by atoms with Crippen molar-refractivity contribution in [3.05, 3.63) is 35.7 Å². The predicted molar refractivity (Wildman–Crippen MR) is 57.9 cm³/mol. The molecule has 3 N–H and O–H groups in total. The largest absolute Gasteiger partial charge is 0.382 e. The fourth-order valence-corrected chi connectivity index (χ4v) is 1.61. The van der Waals surface area contributed by atoms with Crippen molar-refractivity contribution >= 4 is 5.82 Å². The molecule has 3 heteroatoms. The summed E-state index contributed by atoms with van der Waals surface area (Å²) in [7, 11) is 0. The summed E-state index contributed by atoms with van der Waals surface area (Å²) in [6.07, 6.45) is 1.62. The lowest BCUT2D eigenvalue weighted by molar-refractivity contribution is 1.30. The zero-order valence-corrected chi connectivity index (χ0v) is 8.33. The van der Waals surface area contributed by atoms with Crippen LogP contribution in [-0.4, -0.2) is 9.97 Å². The number of rotatable bonds is 1. The van der Waals surface area contributed by atoms with E-state index in [1.54, 1.807) is 6.33 Å². The van der Waals surface area contributed by atoms with Crippen LogP contribution in [0.2, 0.25) is 0 Å². The first-order valence-corrected chi connectivity index (χ1v) is 4.55. The maximum atomic E-state index is 5.74. The lowest BCUT2D eigenvalue weighted by atomic mass is 10.0. The highest BCUT2D eigenvalue weighted by molar-refractivity contribution is 5.72. The minimum absolute atomic E-state index is 0.553. The molecule has 0 bridgehead atoms. The van der Waals surface area contributed by atoms with Gasteiger partial charge >= 0.3 is 0 Å². The lowest BCUT2D eigenvalue weighted by Gasteiger charge is -2.05. The second kappa shape index (κ2) is 3.18. The monoisotopic (exact) mass is 187 g/mol. The molecule has 1 heterocycles. The van der Waals surface area contributed by atoms with Gasteiger partial charge in [0.25, 0.3) is 0 Å². The highest BCUT2D eigenvalue weighted by Crippen LogP contribution is 2.25. The van der Waals surface area contributed by atoms with E-state index in [9.17, 15) is 0 Å². The molecule has 0 saturated heterocycles. The van der Waals surface area contributed by atoms with Gasteiger partial charge in [-0.2, -0.15) is 0 Å². The average molecular weight is 187 g/mol. The minimum Gasteiger partial charge on any atom is -0.382 e. The van der Waals surface area contributed by atoms with E-state index >= 15 is 0 Å². The summed E-state index contributed by atoms with van der Waals surface area (Å²) in [6.45, 7) is 4.15. The molecule has 1 aromatic carbocycles. The first-order valence-electron chi connectivity index (χ1n) is 4.55. The minimum atomic E-state index is 0.553. The summed E-state index contributed by atoms with van der Waals surface area (Å²) in [4.78, 5) is 7.02. The summed E-state index contributed by atoms with van der Waals surface area (Å²) in [5.74, 6) is 0.553. The molecule has 2 rings (SSSR count). The molecular formula is C11H13N3. The van der Waals surface area contributed by atoms with E-state index in [0.29, 0.717) is 5.82 Å². The molecule has 1 aromatic heterocycles. The third-order valence-corrected chi connectivity index (χ3v) is 2.32. The van der Waals surface area contributed by atoms with Gasteiger partial charge in [0.2, 0.25) is 0 Å². The van der Waals surface area contributed by atoms with E-state index in [4.69, 9.17) is 5.73 Å². The van der Waals surface area contributed by atoms with Crippen LogP contribution in [0, 0.1) is 13.8 Å². The van der Waals surface area contributed by atoms with Gasteiger partial charge in [-0.3, -0.25) is 0 Å². The Morgan fingerprint density at radius 2 is 2.07 bits per heavy atom. The Morgan fingerprint density at radius 3 is 2.64 bits per heavy atom. The van der Waals surface area contributed by atoms with Crippen molar-refractivity contribution in [3.8, 4) is 11.3 Å². The maximum Gasteiger partial charge on any atom is 0.149 e. The quantitative estimate of drug-likeness (QED) is 0.719. The Balaban J connectivity index is 2.58. The molecule has 0 aliphatic heterocycles. The number of aromatic nitrogens is 2. The van der Waals surface area contributed by atoms with Crippen molar-refractivity contribution in [2.75, 3.05) is 5.73 Å². The van der Waals surface area contributed by atoms with Crippen LogP contribution in [-0.2, 0) is 0 Å². The van der Waals surface area contributed by atoms with E-state index < -0.39 is 0 Å². The molecule has 0 aliphatic carbocycles. The Morgan fingerprint density at radius 1 is 1.29 bits per heavy atom. The predicted octanol–water partition coefficient (Wildman–Crippen LogP) is 2.28. The van der Waals surface area contributed by atoms with Crippen LogP contribution < -0.4 is 5.73 Å². The number of imidazole rings is 1. The van der Waals surface area contributed by atoms with E-state index in [2.05, 4.69) is 42.0 Å². The van der Waals surface area contributed by atoms with Crippen molar-refractivity contribution in [2.24, 2.45) is 0 Å². The van der Waals surface area contributed by atoms with Gasteiger partial charge < -0.3 is 10.7 Å². The highest BCUT2D eigenvalue weighted by Gasteiger charge is 2.07. The van der Waals surface area contributed by atoms with Gasteiger partial charge in [-0.15, -0.1) is 0 Å². The number of hydrogen-bond acceptors (Lipinski definition) is 2. The van der Waals surface area contributed by atoms with Gasteiger partial charge in [0, 0.05) is 5.56 Å². The van der Waals surface area contributed by atoms with Crippen LogP contribution in [0.4, 0.5) is 5.82 Å². The summed E-state index contributed by atoms with van der Waals surface area (Å²) in [6, 6.07) is 6.27. The molecule has 0 radical (unpaired) electrons. The Labute approximate surface area is 83.0 Å². The van der Waals surface area contributed by atoms with E-state index in [-0.39, 0.29) is 0 Å². The van der Waals surface area contributed by atoms with Crippen LogP contribution in [0.25, 0.3) is 11.3 Å². The molecule has 0 saturated carbocycles. The number of nitrogen functional groups attached to an aromatic ring is 1. The van der Waals surface area contributed by atoms with Crippen molar-refractivity contribution in [3.63, 3.8) is 0 Å². The molecule has 0 unspecified atom stereocenters.